The molecule has 0 spiro atoms. The van der Waals surface area contributed by atoms with E-state index in [9.17, 15) is 14.4 Å². The van der Waals surface area contributed by atoms with Crippen LogP contribution in [0.15, 0.2) is 97.2 Å². The number of carbonyl (C=O) groups is 3. The first-order valence-corrected chi connectivity index (χ1v) is 27.3. The molecular formula is C60H100O6. The predicted octanol–water partition coefficient (Wildman–Crippen LogP) is 18.1. The van der Waals surface area contributed by atoms with Gasteiger partial charge in [0, 0.05) is 19.3 Å². The van der Waals surface area contributed by atoms with Gasteiger partial charge in [-0.3, -0.25) is 14.4 Å². The Hall–Kier alpha value is -3.67. The number of allylic oxidation sites excluding steroid dienone is 16. The number of rotatable bonds is 48. The minimum absolute atomic E-state index is 0.115. The molecule has 0 heterocycles. The van der Waals surface area contributed by atoms with Gasteiger partial charge >= 0.3 is 17.9 Å². The van der Waals surface area contributed by atoms with Crippen molar-refractivity contribution in [2.45, 2.75) is 252 Å². The molecule has 0 saturated heterocycles. The lowest BCUT2D eigenvalue weighted by molar-refractivity contribution is -0.167. The third kappa shape index (κ3) is 51.3. The Bertz CT molecular complexity index is 1330. The number of carbonyl (C=O) groups excluding carboxylic acids is 3. The van der Waals surface area contributed by atoms with E-state index in [2.05, 4.69) is 81.5 Å². The number of unbranched alkanes of at least 4 members (excludes halogenated alkanes) is 24. The van der Waals surface area contributed by atoms with Gasteiger partial charge in [-0.25, -0.2) is 0 Å². The van der Waals surface area contributed by atoms with Crippen LogP contribution in [0.2, 0.25) is 0 Å². The summed E-state index contributed by atoms with van der Waals surface area (Å²) in [5.74, 6) is -1.02. The van der Waals surface area contributed by atoms with E-state index in [-0.39, 0.29) is 37.5 Å². The molecule has 0 aromatic heterocycles. The summed E-state index contributed by atoms with van der Waals surface area (Å²) in [6, 6.07) is 0. The maximum Gasteiger partial charge on any atom is 0.306 e. The second-order valence-electron chi connectivity index (χ2n) is 17.8. The number of hydrogen-bond acceptors (Lipinski definition) is 6. The average molecular weight is 917 g/mol. The molecule has 0 aliphatic carbocycles. The average Bonchev–Trinajstić information content (AvgIpc) is 3.31. The second kappa shape index (κ2) is 53.9. The first kappa shape index (κ1) is 62.3. The molecule has 0 fully saturated rings. The van der Waals surface area contributed by atoms with Gasteiger partial charge in [-0.1, -0.05) is 227 Å². The van der Waals surface area contributed by atoms with Crippen molar-refractivity contribution < 1.29 is 28.6 Å². The summed E-state index contributed by atoms with van der Waals surface area (Å²) in [6.07, 6.45) is 71.2. The van der Waals surface area contributed by atoms with Crippen LogP contribution in [0.25, 0.3) is 0 Å². The molecule has 0 aliphatic rings. The van der Waals surface area contributed by atoms with E-state index in [0.717, 1.165) is 83.5 Å². The Morgan fingerprint density at radius 2 is 0.667 bits per heavy atom. The lowest BCUT2D eigenvalue weighted by Gasteiger charge is -2.18. The highest BCUT2D eigenvalue weighted by molar-refractivity contribution is 5.71. The molecule has 0 aliphatic heterocycles. The zero-order valence-electron chi connectivity index (χ0n) is 42.9. The largest absolute Gasteiger partial charge is 0.462 e. The molecule has 0 rings (SSSR count). The minimum Gasteiger partial charge on any atom is -0.462 e. The van der Waals surface area contributed by atoms with Crippen LogP contribution in [-0.2, 0) is 28.6 Å². The molecule has 1 atom stereocenters. The lowest BCUT2D eigenvalue weighted by Crippen LogP contribution is -2.30. The van der Waals surface area contributed by atoms with E-state index in [1.165, 1.54) is 116 Å². The van der Waals surface area contributed by atoms with Crippen molar-refractivity contribution >= 4 is 17.9 Å². The van der Waals surface area contributed by atoms with Gasteiger partial charge in [0.25, 0.3) is 0 Å². The molecule has 6 heteroatoms. The van der Waals surface area contributed by atoms with Crippen LogP contribution in [0.5, 0.6) is 0 Å². The van der Waals surface area contributed by atoms with Gasteiger partial charge in [0.2, 0.25) is 0 Å². The van der Waals surface area contributed by atoms with Crippen LogP contribution in [0.1, 0.15) is 245 Å². The maximum atomic E-state index is 12.8. The Balaban J connectivity index is 4.51. The highest BCUT2D eigenvalue weighted by Crippen LogP contribution is 2.14. The summed E-state index contributed by atoms with van der Waals surface area (Å²) in [5.41, 5.74) is 0. The predicted molar refractivity (Wildman–Crippen MR) is 284 cm³/mol. The highest BCUT2D eigenvalue weighted by Gasteiger charge is 2.19. The van der Waals surface area contributed by atoms with Gasteiger partial charge in [-0.2, -0.15) is 0 Å². The van der Waals surface area contributed by atoms with Crippen LogP contribution in [-0.4, -0.2) is 37.2 Å². The van der Waals surface area contributed by atoms with Crippen molar-refractivity contribution in [2.75, 3.05) is 13.2 Å². The molecule has 66 heavy (non-hydrogen) atoms. The third-order valence-corrected chi connectivity index (χ3v) is 11.4. The van der Waals surface area contributed by atoms with E-state index >= 15 is 0 Å². The van der Waals surface area contributed by atoms with Crippen LogP contribution >= 0.6 is 0 Å². The number of esters is 3. The van der Waals surface area contributed by atoms with E-state index in [4.69, 9.17) is 14.2 Å². The molecule has 376 valence electrons. The second-order valence-corrected chi connectivity index (χ2v) is 17.8. The Kier molecular flexibility index (Phi) is 50.9. The van der Waals surface area contributed by atoms with E-state index in [0.29, 0.717) is 19.3 Å². The van der Waals surface area contributed by atoms with Crippen molar-refractivity contribution in [3.63, 3.8) is 0 Å². The van der Waals surface area contributed by atoms with Gasteiger partial charge in [0.15, 0.2) is 6.10 Å². The third-order valence-electron chi connectivity index (χ3n) is 11.4. The van der Waals surface area contributed by atoms with Gasteiger partial charge in [-0.05, 0) is 96.3 Å². The fourth-order valence-electron chi connectivity index (χ4n) is 7.29. The van der Waals surface area contributed by atoms with E-state index < -0.39 is 6.10 Å². The normalized spacial score (nSPS) is 12.8. The van der Waals surface area contributed by atoms with Crippen molar-refractivity contribution in [1.29, 1.82) is 0 Å². The van der Waals surface area contributed by atoms with Gasteiger partial charge in [0.05, 0.1) is 0 Å². The highest BCUT2D eigenvalue weighted by atomic mass is 16.6. The van der Waals surface area contributed by atoms with Crippen molar-refractivity contribution in [2.24, 2.45) is 0 Å². The van der Waals surface area contributed by atoms with Crippen LogP contribution in [0.4, 0.5) is 0 Å². The SMILES string of the molecule is CC\C=C/C=C\C=C/C=C\CCCCCC(=O)OCC(COC(=O)CCCCCCC/C=C\CCCCCCCCCCC)OC(=O)CCC/C=C\C/C=C\C/C=C\CCCCCCCC. The maximum absolute atomic E-state index is 12.8. The topological polar surface area (TPSA) is 78.9 Å². The van der Waals surface area contributed by atoms with Gasteiger partial charge < -0.3 is 14.2 Å². The standard InChI is InChI=1S/C60H100O6/c1-4-7-10-13-16-19-22-25-27-29-31-32-35-38-41-44-47-50-53-59(62)65-56-57(55-64-58(61)52-49-46-43-40-37-34-24-21-18-15-12-9-6-3)66-60(63)54-51-48-45-42-39-36-33-30-28-26-23-20-17-14-11-8-5-2/h9,12,15,18,21,24,26,28,31-34,36-37,42,45,57H,4-8,10-11,13-14,16-17,19-20,22-23,25,27,29-30,35,38-41,43-44,46-56H2,1-3H3/b12-9-,18-15-,24-21-,28-26-,32-31-,36-33-,37-34-,45-42-. The smallest absolute Gasteiger partial charge is 0.306 e. The summed E-state index contributed by atoms with van der Waals surface area (Å²) in [4.78, 5) is 38.0. The quantitative estimate of drug-likeness (QED) is 0.0199. The van der Waals surface area contributed by atoms with Crippen molar-refractivity contribution in [3.8, 4) is 0 Å². The van der Waals surface area contributed by atoms with E-state index in [1.807, 2.05) is 36.5 Å². The summed E-state index contributed by atoms with van der Waals surface area (Å²) in [7, 11) is 0. The van der Waals surface area contributed by atoms with Crippen molar-refractivity contribution in [3.05, 3.63) is 97.2 Å². The Labute approximate surface area is 407 Å². The molecule has 6 nitrogen and oxygen atoms in total. The Morgan fingerprint density at radius 1 is 0.333 bits per heavy atom. The summed E-state index contributed by atoms with van der Waals surface area (Å²) < 4.78 is 16.7. The molecule has 1 unspecified atom stereocenters. The molecule has 0 radical (unpaired) electrons. The van der Waals surface area contributed by atoms with E-state index in [1.54, 1.807) is 0 Å². The van der Waals surface area contributed by atoms with Crippen molar-refractivity contribution in [1.82, 2.24) is 0 Å². The van der Waals surface area contributed by atoms with Crippen LogP contribution < -0.4 is 0 Å². The summed E-state index contributed by atoms with van der Waals surface area (Å²) in [6.45, 7) is 6.41. The molecule has 0 saturated carbocycles. The summed E-state index contributed by atoms with van der Waals surface area (Å²) >= 11 is 0. The monoisotopic (exact) mass is 917 g/mol. The first-order chi connectivity index (χ1) is 32.5. The molecule has 0 bridgehead atoms. The zero-order valence-corrected chi connectivity index (χ0v) is 42.9. The van der Waals surface area contributed by atoms with Gasteiger partial charge in [0.1, 0.15) is 13.2 Å². The first-order valence-electron chi connectivity index (χ1n) is 27.3. The van der Waals surface area contributed by atoms with Gasteiger partial charge in [-0.15, -0.1) is 0 Å². The Morgan fingerprint density at radius 3 is 1.14 bits per heavy atom. The lowest BCUT2D eigenvalue weighted by atomic mass is 10.1. The fourth-order valence-corrected chi connectivity index (χ4v) is 7.29. The minimum atomic E-state index is -0.824. The number of ether oxygens (including phenoxy) is 3. The molecule has 0 amide bonds. The molecule has 0 aromatic carbocycles. The summed E-state index contributed by atoms with van der Waals surface area (Å²) in [5, 5.41) is 0. The fraction of sp³-hybridized carbons (Fsp3) is 0.683. The number of hydrogen-bond donors (Lipinski definition) is 0. The molecule has 0 aromatic rings. The van der Waals surface area contributed by atoms with Crippen LogP contribution in [0.3, 0.4) is 0 Å². The molecular weight excluding hydrogens is 817 g/mol. The zero-order chi connectivity index (χ0) is 47.9. The van der Waals surface area contributed by atoms with Crippen LogP contribution in [0, 0.1) is 0 Å². The molecule has 0 N–H and O–H groups in total.